The maximum absolute atomic E-state index is 13.1. The Hall–Kier alpha value is -3.02. The number of nitrogens with zero attached hydrogens (tertiary/aromatic N) is 3. The Balaban J connectivity index is 1.85. The minimum absolute atomic E-state index is 0.396. The third kappa shape index (κ3) is 3.17. The van der Waals surface area contributed by atoms with E-state index in [4.69, 9.17) is 4.74 Å². The molecule has 5 nitrogen and oxygen atoms in total. The molecule has 0 amide bonds. The van der Waals surface area contributed by atoms with Gasteiger partial charge in [-0.15, -0.1) is 0 Å². The molecule has 1 N–H and O–H groups in total. The second-order valence-corrected chi connectivity index (χ2v) is 4.48. The van der Waals surface area contributed by atoms with Crippen LogP contribution in [0.4, 0.5) is 16.0 Å². The Morgan fingerprint density at radius 3 is 2.68 bits per heavy atom. The van der Waals surface area contributed by atoms with E-state index >= 15 is 0 Å². The molecule has 6 heteroatoms. The van der Waals surface area contributed by atoms with Crippen LogP contribution in [0.2, 0.25) is 0 Å². The van der Waals surface area contributed by atoms with E-state index in [0.717, 1.165) is 11.3 Å². The predicted molar refractivity (Wildman–Crippen MR) is 81.5 cm³/mol. The number of aromatic nitrogens is 3. The van der Waals surface area contributed by atoms with Crippen LogP contribution in [0.5, 0.6) is 5.75 Å². The van der Waals surface area contributed by atoms with E-state index < -0.39 is 5.95 Å². The summed E-state index contributed by atoms with van der Waals surface area (Å²) in [5.74, 6) is 1.11. The first kappa shape index (κ1) is 13.9. The van der Waals surface area contributed by atoms with Crippen molar-refractivity contribution < 1.29 is 9.13 Å². The van der Waals surface area contributed by atoms with Crippen LogP contribution in [0.25, 0.3) is 11.3 Å². The molecule has 3 aromatic rings. The first-order valence-corrected chi connectivity index (χ1v) is 6.60. The van der Waals surface area contributed by atoms with Crippen molar-refractivity contribution in [1.82, 2.24) is 15.0 Å². The van der Waals surface area contributed by atoms with Crippen LogP contribution >= 0.6 is 0 Å². The first-order chi connectivity index (χ1) is 10.7. The molecule has 22 heavy (non-hydrogen) atoms. The number of hydrogen-bond donors (Lipinski definition) is 1. The Bertz CT molecular complexity index is 777. The van der Waals surface area contributed by atoms with E-state index in [9.17, 15) is 4.39 Å². The molecule has 3 heterocycles. The summed E-state index contributed by atoms with van der Waals surface area (Å²) in [7, 11) is 1.59. The molecule has 0 saturated heterocycles. The minimum Gasteiger partial charge on any atom is -0.495 e. The zero-order chi connectivity index (χ0) is 15.4. The van der Waals surface area contributed by atoms with Crippen molar-refractivity contribution in [1.29, 1.82) is 0 Å². The summed E-state index contributed by atoms with van der Waals surface area (Å²) in [4.78, 5) is 12.3. The zero-order valence-electron chi connectivity index (χ0n) is 11.8. The molecule has 110 valence electrons. The normalized spacial score (nSPS) is 10.3. The Kier molecular flexibility index (Phi) is 3.91. The number of methoxy groups -OCH3 is 1. The van der Waals surface area contributed by atoms with Gasteiger partial charge in [-0.25, -0.2) is 9.97 Å². The third-order valence-corrected chi connectivity index (χ3v) is 3.00. The van der Waals surface area contributed by atoms with Gasteiger partial charge in [0.2, 0.25) is 5.95 Å². The van der Waals surface area contributed by atoms with Crippen molar-refractivity contribution in [3.8, 4) is 17.0 Å². The van der Waals surface area contributed by atoms with Gasteiger partial charge in [0, 0.05) is 11.8 Å². The van der Waals surface area contributed by atoms with Crippen LogP contribution in [-0.4, -0.2) is 22.1 Å². The highest BCUT2D eigenvalue weighted by atomic mass is 19.1. The molecule has 0 aromatic carbocycles. The summed E-state index contributed by atoms with van der Waals surface area (Å²) in [6.07, 6.45) is 3.31. The number of rotatable bonds is 4. The lowest BCUT2D eigenvalue weighted by molar-refractivity contribution is 0.413. The monoisotopic (exact) mass is 296 g/mol. The quantitative estimate of drug-likeness (QED) is 0.747. The van der Waals surface area contributed by atoms with E-state index in [1.165, 1.54) is 6.07 Å². The largest absolute Gasteiger partial charge is 0.495 e. The number of nitrogens with one attached hydrogen (secondary N) is 1. The van der Waals surface area contributed by atoms with Gasteiger partial charge < -0.3 is 10.1 Å². The summed E-state index contributed by atoms with van der Waals surface area (Å²) >= 11 is 0. The van der Waals surface area contributed by atoms with Gasteiger partial charge in [0.15, 0.2) is 0 Å². The minimum atomic E-state index is -0.544. The van der Waals surface area contributed by atoms with Crippen molar-refractivity contribution in [2.24, 2.45) is 0 Å². The van der Waals surface area contributed by atoms with Crippen molar-refractivity contribution >= 4 is 11.6 Å². The van der Waals surface area contributed by atoms with Crippen LogP contribution in [0, 0.1) is 5.95 Å². The average molecular weight is 296 g/mol. The van der Waals surface area contributed by atoms with Crippen molar-refractivity contribution in [2.45, 2.75) is 0 Å². The maximum atomic E-state index is 13.1. The van der Waals surface area contributed by atoms with Crippen molar-refractivity contribution in [3.63, 3.8) is 0 Å². The predicted octanol–water partition coefficient (Wildman–Crippen LogP) is 3.43. The van der Waals surface area contributed by atoms with Crippen LogP contribution in [0.15, 0.2) is 54.9 Å². The van der Waals surface area contributed by atoms with Gasteiger partial charge in [-0.2, -0.15) is 4.39 Å². The number of hydrogen-bond acceptors (Lipinski definition) is 5. The lowest BCUT2D eigenvalue weighted by atomic mass is 10.2. The van der Waals surface area contributed by atoms with Gasteiger partial charge in [-0.3, -0.25) is 4.98 Å². The SMILES string of the molecule is COc1ccc(-c2ccnc(Nc3cccc(F)n3)c2)nc1. The van der Waals surface area contributed by atoms with Crippen LogP contribution < -0.4 is 10.1 Å². The third-order valence-electron chi connectivity index (χ3n) is 3.00. The summed E-state index contributed by atoms with van der Waals surface area (Å²) in [5.41, 5.74) is 1.68. The van der Waals surface area contributed by atoms with Crippen LogP contribution in [0.1, 0.15) is 0 Å². The zero-order valence-corrected chi connectivity index (χ0v) is 11.8. The lowest BCUT2D eigenvalue weighted by Gasteiger charge is -2.07. The molecule has 0 aliphatic rings. The molecule has 0 spiro atoms. The summed E-state index contributed by atoms with van der Waals surface area (Å²) in [6.45, 7) is 0. The maximum Gasteiger partial charge on any atom is 0.214 e. The molecule has 0 saturated carbocycles. The van der Waals surface area contributed by atoms with Gasteiger partial charge in [0.25, 0.3) is 0 Å². The van der Waals surface area contributed by atoms with Crippen molar-refractivity contribution in [3.05, 3.63) is 60.8 Å². The molecule has 0 aliphatic heterocycles. The summed E-state index contributed by atoms with van der Waals surface area (Å²) < 4.78 is 18.2. The Morgan fingerprint density at radius 1 is 1.05 bits per heavy atom. The fourth-order valence-corrected chi connectivity index (χ4v) is 1.94. The number of pyridine rings is 3. The van der Waals surface area contributed by atoms with Gasteiger partial charge >= 0.3 is 0 Å². The van der Waals surface area contributed by atoms with Gasteiger partial charge in [0.1, 0.15) is 17.4 Å². The Labute approximate surface area is 126 Å². The topological polar surface area (TPSA) is 59.9 Å². The van der Waals surface area contributed by atoms with E-state index in [2.05, 4.69) is 20.3 Å². The number of anilines is 2. The highest BCUT2D eigenvalue weighted by molar-refractivity contribution is 5.65. The summed E-state index contributed by atoms with van der Waals surface area (Å²) in [6, 6.07) is 11.9. The van der Waals surface area contributed by atoms with E-state index in [0.29, 0.717) is 17.4 Å². The second kappa shape index (κ2) is 6.17. The first-order valence-electron chi connectivity index (χ1n) is 6.60. The fourth-order valence-electron chi connectivity index (χ4n) is 1.94. The standard InChI is InChI=1S/C16H13FN4O/c1-22-12-5-6-13(19-10-12)11-7-8-18-16(9-11)21-15-4-2-3-14(17)20-15/h2-10H,1H3,(H,18,20,21). The molecule has 0 aliphatic carbocycles. The lowest BCUT2D eigenvalue weighted by Crippen LogP contribution is -1.97. The van der Waals surface area contributed by atoms with Gasteiger partial charge in [-0.05, 0) is 36.4 Å². The van der Waals surface area contributed by atoms with Gasteiger partial charge in [-0.1, -0.05) is 6.07 Å². The smallest absolute Gasteiger partial charge is 0.214 e. The molecule has 3 aromatic heterocycles. The van der Waals surface area contributed by atoms with E-state index in [1.807, 2.05) is 24.3 Å². The molecule has 3 rings (SSSR count). The van der Waals surface area contributed by atoms with Crippen LogP contribution in [-0.2, 0) is 0 Å². The molecule has 0 unspecified atom stereocenters. The fraction of sp³-hybridized carbons (Fsp3) is 0.0625. The highest BCUT2D eigenvalue weighted by Gasteiger charge is 2.04. The molecule has 0 atom stereocenters. The second-order valence-electron chi connectivity index (χ2n) is 4.48. The molecule has 0 fully saturated rings. The van der Waals surface area contributed by atoms with E-state index in [-0.39, 0.29) is 0 Å². The molecule has 0 bridgehead atoms. The highest BCUT2D eigenvalue weighted by Crippen LogP contribution is 2.22. The van der Waals surface area contributed by atoms with E-state index in [1.54, 1.807) is 31.6 Å². The molecular weight excluding hydrogens is 283 g/mol. The average Bonchev–Trinajstić information content (AvgIpc) is 2.55. The molecular formula is C16H13FN4O. The number of halogens is 1. The number of ether oxygens (including phenoxy) is 1. The summed E-state index contributed by atoms with van der Waals surface area (Å²) in [5, 5.41) is 2.96. The van der Waals surface area contributed by atoms with Crippen molar-refractivity contribution in [2.75, 3.05) is 12.4 Å². The van der Waals surface area contributed by atoms with Crippen LogP contribution in [0.3, 0.4) is 0 Å². The van der Waals surface area contributed by atoms with Gasteiger partial charge in [0.05, 0.1) is 19.0 Å². The molecule has 0 radical (unpaired) electrons. The Morgan fingerprint density at radius 2 is 1.95 bits per heavy atom.